The third kappa shape index (κ3) is 4.55. The zero-order chi connectivity index (χ0) is 17.9. The highest BCUT2D eigenvalue weighted by Crippen LogP contribution is 2.33. The van der Waals surface area contributed by atoms with Crippen molar-refractivity contribution in [3.63, 3.8) is 0 Å². The Hall–Kier alpha value is -2.41. The minimum atomic E-state index is -4.97. The summed E-state index contributed by atoms with van der Waals surface area (Å²) in [5.41, 5.74) is 0.324. The summed E-state index contributed by atoms with van der Waals surface area (Å²) >= 11 is 0. The standard InChI is InChI=1S/C14H12F3N2O4P/c1-8-11(5-6-13(24)18-8)22-7-9-10(19(20)21)3-2-4-12(9)23-14(15,16)17/h2-6H,7,24H2,1H3. The Labute approximate surface area is 137 Å². The molecular formula is C14H12F3N2O4P. The van der Waals surface area contributed by atoms with Crippen LogP contribution in [0.1, 0.15) is 11.3 Å². The molecule has 1 unspecified atom stereocenters. The summed E-state index contributed by atoms with van der Waals surface area (Å²) in [6.45, 7) is 1.18. The van der Waals surface area contributed by atoms with Crippen LogP contribution < -0.4 is 14.9 Å². The average Bonchev–Trinajstić information content (AvgIpc) is 2.45. The van der Waals surface area contributed by atoms with E-state index in [1.165, 1.54) is 0 Å². The normalized spacial score (nSPS) is 11.2. The molecule has 24 heavy (non-hydrogen) atoms. The Morgan fingerprint density at radius 1 is 1.25 bits per heavy atom. The van der Waals surface area contributed by atoms with Crippen molar-refractivity contribution in [2.45, 2.75) is 19.9 Å². The maximum Gasteiger partial charge on any atom is 0.573 e. The van der Waals surface area contributed by atoms with Gasteiger partial charge in [-0.25, -0.2) is 0 Å². The first-order valence-electron chi connectivity index (χ1n) is 6.55. The zero-order valence-corrected chi connectivity index (χ0v) is 13.5. The number of nitro groups is 1. The summed E-state index contributed by atoms with van der Waals surface area (Å²) in [5, 5.41) is 11.1. The largest absolute Gasteiger partial charge is 0.573 e. The molecule has 0 radical (unpaired) electrons. The van der Waals surface area contributed by atoms with Crippen LogP contribution in [0, 0.1) is 17.0 Å². The molecule has 10 heteroatoms. The van der Waals surface area contributed by atoms with E-state index in [0.717, 1.165) is 18.2 Å². The molecule has 1 heterocycles. The number of halogens is 3. The summed E-state index contributed by atoms with van der Waals surface area (Å²) in [6.07, 6.45) is -4.97. The van der Waals surface area contributed by atoms with E-state index in [1.54, 1.807) is 19.1 Å². The van der Waals surface area contributed by atoms with Crippen LogP contribution in [-0.4, -0.2) is 16.3 Å². The predicted molar refractivity (Wildman–Crippen MR) is 82.4 cm³/mol. The van der Waals surface area contributed by atoms with E-state index < -0.39 is 29.3 Å². The van der Waals surface area contributed by atoms with Gasteiger partial charge in [0.25, 0.3) is 5.69 Å². The monoisotopic (exact) mass is 360 g/mol. The number of hydrogen-bond donors (Lipinski definition) is 0. The lowest BCUT2D eigenvalue weighted by Crippen LogP contribution is -2.19. The molecule has 1 atom stereocenters. The van der Waals surface area contributed by atoms with Crippen molar-refractivity contribution < 1.29 is 27.6 Å². The number of aromatic nitrogens is 1. The van der Waals surface area contributed by atoms with Crippen LogP contribution in [0.15, 0.2) is 30.3 Å². The number of pyridine rings is 1. The van der Waals surface area contributed by atoms with Crippen LogP contribution in [0.4, 0.5) is 18.9 Å². The van der Waals surface area contributed by atoms with Crippen molar-refractivity contribution in [1.82, 2.24) is 4.98 Å². The minimum absolute atomic E-state index is 0.303. The van der Waals surface area contributed by atoms with Crippen LogP contribution in [0.2, 0.25) is 0 Å². The Kier molecular flexibility index (Phi) is 5.23. The lowest BCUT2D eigenvalue weighted by atomic mass is 10.1. The lowest BCUT2D eigenvalue weighted by Gasteiger charge is -2.14. The van der Waals surface area contributed by atoms with Gasteiger partial charge in [-0.15, -0.1) is 13.2 Å². The number of rotatable bonds is 5. The van der Waals surface area contributed by atoms with Gasteiger partial charge in [-0.2, -0.15) is 0 Å². The third-order valence-corrected chi connectivity index (χ3v) is 3.28. The molecule has 0 aliphatic rings. The minimum Gasteiger partial charge on any atom is -0.487 e. The van der Waals surface area contributed by atoms with Gasteiger partial charge in [0.1, 0.15) is 23.7 Å². The number of hydrogen-bond acceptors (Lipinski definition) is 5. The van der Waals surface area contributed by atoms with Gasteiger partial charge in [0.15, 0.2) is 0 Å². The van der Waals surface area contributed by atoms with Gasteiger partial charge in [-0.3, -0.25) is 15.1 Å². The van der Waals surface area contributed by atoms with Gasteiger partial charge in [0, 0.05) is 6.07 Å². The fraction of sp³-hybridized carbons (Fsp3) is 0.214. The molecule has 0 aliphatic heterocycles. The van der Waals surface area contributed by atoms with Crippen molar-refractivity contribution in [3.8, 4) is 11.5 Å². The number of alkyl halides is 3. The molecular weight excluding hydrogens is 348 g/mol. The van der Waals surface area contributed by atoms with E-state index in [0.29, 0.717) is 16.9 Å². The topological polar surface area (TPSA) is 74.5 Å². The number of nitrogens with zero attached hydrogens (tertiary/aromatic N) is 2. The Morgan fingerprint density at radius 3 is 2.54 bits per heavy atom. The molecule has 0 bridgehead atoms. The van der Waals surface area contributed by atoms with Crippen molar-refractivity contribution in [3.05, 3.63) is 51.7 Å². The van der Waals surface area contributed by atoms with Gasteiger partial charge in [-0.05, 0) is 25.1 Å². The Balaban J connectivity index is 2.34. The van der Waals surface area contributed by atoms with Gasteiger partial charge in [0.05, 0.1) is 16.1 Å². The quantitative estimate of drug-likeness (QED) is 0.465. The van der Waals surface area contributed by atoms with Crippen LogP contribution in [-0.2, 0) is 6.61 Å². The second-order valence-electron chi connectivity index (χ2n) is 4.67. The van der Waals surface area contributed by atoms with Crippen LogP contribution >= 0.6 is 9.24 Å². The summed E-state index contributed by atoms with van der Waals surface area (Å²) in [6, 6.07) is 6.39. The molecule has 1 aromatic heterocycles. The second-order valence-corrected chi connectivity index (χ2v) is 5.26. The SMILES string of the molecule is Cc1nc(P)ccc1OCc1c(OC(F)(F)F)cccc1[N+](=O)[O-]. The maximum absolute atomic E-state index is 12.5. The van der Waals surface area contributed by atoms with Crippen molar-refractivity contribution in [1.29, 1.82) is 0 Å². The molecule has 0 saturated carbocycles. The molecule has 0 aliphatic carbocycles. The van der Waals surface area contributed by atoms with Crippen LogP contribution in [0.5, 0.6) is 11.5 Å². The zero-order valence-electron chi connectivity index (χ0n) is 12.3. The summed E-state index contributed by atoms with van der Waals surface area (Å²) in [7, 11) is 2.39. The summed E-state index contributed by atoms with van der Waals surface area (Å²) < 4.78 is 46.7. The highest BCUT2D eigenvalue weighted by molar-refractivity contribution is 7.26. The first kappa shape index (κ1) is 17.9. The van der Waals surface area contributed by atoms with Gasteiger partial charge < -0.3 is 9.47 Å². The molecule has 0 amide bonds. The van der Waals surface area contributed by atoms with Gasteiger partial charge in [-0.1, -0.05) is 15.3 Å². The Morgan fingerprint density at radius 2 is 1.96 bits per heavy atom. The predicted octanol–water partition coefficient (Wildman–Crippen LogP) is 3.28. The lowest BCUT2D eigenvalue weighted by molar-refractivity contribution is -0.386. The van der Waals surface area contributed by atoms with E-state index in [2.05, 4.69) is 19.0 Å². The van der Waals surface area contributed by atoms with Crippen LogP contribution in [0.3, 0.4) is 0 Å². The molecule has 0 saturated heterocycles. The van der Waals surface area contributed by atoms with E-state index in [4.69, 9.17) is 4.74 Å². The van der Waals surface area contributed by atoms with Gasteiger partial charge >= 0.3 is 6.36 Å². The smallest absolute Gasteiger partial charge is 0.487 e. The number of nitro benzene ring substituents is 1. The Bertz CT molecular complexity index is 768. The summed E-state index contributed by atoms with van der Waals surface area (Å²) in [5.74, 6) is -0.373. The maximum atomic E-state index is 12.5. The highest BCUT2D eigenvalue weighted by atomic mass is 31.0. The fourth-order valence-corrected chi connectivity index (χ4v) is 2.25. The van der Waals surface area contributed by atoms with Crippen molar-refractivity contribution in [2.75, 3.05) is 0 Å². The first-order chi connectivity index (χ1) is 11.2. The molecule has 6 nitrogen and oxygen atoms in total. The number of ether oxygens (including phenoxy) is 2. The molecule has 0 spiro atoms. The molecule has 0 N–H and O–H groups in total. The van der Waals surface area contributed by atoms with Gasteiger partial charge in [0.2, 0.25) is 0 Å². The van der Waals surface area contributed by atoms with Crippen molar-refractivity contribution >= 4 is 20.4 Å². The third-order valence-electron chi connectivity index (χ3n) is 2.96. The highest BCUT2D eigenvalue weighted by Gasteiger charge is 2.34. The molecule has 0 fully saturated rings. The van der Waals surface area contributed by atoms with E-state index in [1.807, 2.05) is 0 Å². The molecule has 128 valence electrons. The van der Waals surface area contributed by atoms with E-state index >= 15 is 0 Å². The summed E-state index contributed by atoms with van der Waals surface area (Å²) in [4.78, 5) is 14.4. The van der Waals surface area contributed by atoms with Crippen LogP contribution in [0.25, 0.3) is 0 Å². The number of benzene rings is 1. The average molecular weight is 360 g/mol. The fourth-order valence-electron chi connectivity index (χ4n) is 1.96. The second kappa shape index (κ2) is 7.00. The molecule has 2 rings (SSSR count). The number of aryl methyl sites for hydroxylation is 1. The van der Waals surface area contributed by atoms with Crippen molar-refractivity contribution in [2.24, 2.45) is 0 Å². The van der Waals surface area contributed by atoms with E-state index in [9.17, 15) is 23.3 Å². The molecule has 2 aromatic rings. The molecule has 1 aromatic carbocycles. The first-order valence-corrected chi connectivity index (χ1v) is 7.13. The van der Waals surface area contributed by atoms with E-state index in [-0.39, 0.29) is 5.56 Å².